The summed E-state index contributed by atoms with van der Waals surface area (Å²) in [4.78, 5) is 13.2. The van der Waals surface area contributed by atoms with Crippen molar-refractivity contribution in [1.29, 1.82) is 0 Å². The number of terminal acetylenes is 1. The Morgan fingerprint density at radius 2 is 2.00 bits per heavy atom. The van der Waals surface area contributed by atoms with Crippen molar-refractivity contribution in [1.82, 2.24) is 19.5 Å². The molecular formula is C25H31N5. The van der Waals surface area contributed by atoms with E-state index < -0.39 is 0 Å². The van der Waals surface area contributed by atoms with Gasteiger partial charge < -0.3 is 10.3 Å². The molecule has 3 aromatic rings. The monoisotopic (exact) mass is 401 g/mol. The van der Waals surface area contributed by atoms with Gasteiger partial charge in [0.25, 0.3) is 0 Å². The summed E-state index contributed by atoms with van der Waals surface area (Å²) in [5.41, 5.74) is 13.4. The van der Waals surface area contributed by atoms with Gasteiger partial charge in [0.2, 0.25) is 0 Å². The minimum Gasteiger partial charge on any atom is -0.383 e. The van der Waals surface area contributed by atoms with Crippen molar-refractivity contribution < 1.29 is 0 Å². The number of nitrogens with two attached hydrogens (primary N) is 1. The van der Waals surface area contributed by atoms with Gasteiger partial charge in [0.05, 0.1) is 11.1 Å². The third-order valence-electron chi connectivity index (χ3n) is 5.50. The highest BCUT2D eigenvalue weighted by Crippen LogP contribution is 2.43. The van der Waals surface area contributed by atoms with Crippen molar-refractivity contribution in [2.45, 2.75) is 53.4 Å². The van der Waals surface area contributed by atoms with Gasteiger partial charge >= 0.3 is 0 Å². The third-order valence-corrected chi connectivity index (χ3v) is 5.50. The van der Waals surface area contributed by atoms with Crippen LogP contribution in [0.2, 0.25) is 0 Å². The van der Waals surface area contributed by atoms with Crippen LogP contribution in [0.3, 0.4) is 0 Å². The standard InChI is InChI=1S/C22H23N5.C3H8/c1-5-16-10-14(3)17(11-24-16)20-18(15-8-6-13(2)7-9-15)19-21(23)25-12-26-22(19)27(20)4;1-3-2/h1,8,10-13H,6-7,9H2,2-4H3,(H2,23,25,26);3H2,1-2H3/t13-;/m1./s1. The van der Waals surface area contributed by atoms with Crippen LogP contribution in [-0.2, 0) is 7.05 Å². The Bertz CT molecular complexity index is 1130. The fourth-order valence-corrected chi connectivity index (χ4v) is 3.98. The molecule has 1 aliphatic carbocycles. The predicted octanol–water partition coefficient (Wildman–Crippen LogP) is 5.52. The highest BCUT2D eigenvalue weighted by molar-refractivity contribution is 6.04. The molecule has 1 aliphatic rings. The van der Waals surface area contributed by atoms with Crippen LogP contribution in [-0.4, -0.2) is 19.5 Å². The first-order chi connectivity index (χ1) is 14.4. The van der Waals surface area contributed by atoms with Crippen molar-refractivity contribution in [2.75, 3.05) is 5.73 Å². The van der Waals surface area contributed by atoms with Crippen LogP contribution >= 0.6 is 0 Å². The van der Waals surface area contributed by atoms with Gasteiger partial charge in [0.1, 0.15) is 23.5 Å². The van der Waals surface area contributed by atoms with E-state index in [0.29, 0.717) is 17.4 Å². The van der Waals surface area contributed by atoms with Gasteiger partial charge in [-0.2, -0.15) is 0 Å². The number of allylic oxidation sites excluding steroid dienone is 2. The van der Waals surface area contributed by atoms with E-state index in [4.69, 9.17) is 12.2 Å². The molecule has 0 amide bonds. The van der Waals surface area contributed by atoms with Crippen LogP contribution in [0.4, 0.5) is 5.82 Å². The molecule has 0 bridgehead atoms. The Morgan fingerprint density at radius 3 is 2.60 bits per heavy atom. The van der Waals surface area contributed by atoms with Crippen LogP contribution in [0.1, 0.15) is 63.3 Å². The maximum Gasteiger partial charge on any atom is 0.146 e. The van der Waals surface area contributed by atoms with E-state index in [1.807, 2.05) is 19.3 Å². The number of aromatic nitrogens is 4. The molecule has 2 N–H and O–H groups in total. The van der Waals surface area contributed by atoms with E-state index in [1.54, 1.807) is 0 Å². The number of aryl methyl sites for hydroxylation is 2. The van der Waals surface area contributed by atoms with Crippen LogP contribution in [0.15, 0.2) is 24.7 Å². The molecule has 5 nitrogen and oxygen atoms in total. The minimum absolute atomic E-state index is 0.516. The summed E-state index contributed by atoms with van der Waals surface area (Å²) in [6.07, 6.45) is 15.8. The SMILES string of the molecule is C#Cc1cc(C)c(-c2c(C3=CC[C@@H](C)CC3)c3c(N)ncnc3n2C)cn1.CCC. The number of anilines is 1. The van der Waals surface area contributed by atoms with Gasteiger partial charge in [0, 0.05) is 24.4 Å². The molecular weight excluding hydrogens is 370 g/mol. The summed E-state index contributed by atoms with van der Waals surface area (Å²) in [7, 11) is 2.02. The van der Waals surface area contributed by atoms with Crippen LogP contribution in [0.25, 0.3) is 27.9 Å². The molecule has 0 aliphatic heterocycles. The Labute approximate surface area is 179 Å². The first-order valence-electron chi connectivity index (χ1n) is 10.6. The lowest BCUT2D eigenvalue weighted by Gasteiger charge is -2.20. The first kappa shape index (κ1) is 21.6. The van der Waals surface area contributed by atoms with Crippen molar-refractivity contribution in [3.8, 4) is 23.6 Å². The second kappa shape index (κ2) is 9.13. The smallest absolute Gasteiger partial charge is 0.146 e. The van der Waals surface area contributed by atoms with Gasteiger partial charge in [-0.05, 0) is 49.3 Å². The summed E-state index contributed by atoms with van der Waals surface area (Å²) in [6.45, 7) is 8.60. The van der Waals surface area contributed by atoms with E-state index >= 15 is 0 Å². The van der Waals surface area contributed by atoms with E-state index in [9.17, 15) is 0 Å². The molecule has 4 rings (SSSR count). The Balaban J connectivity index is 0.000000806. The van der Waals surface area contributed by atoms with Gasteiger partial charge in [-0.15, -0.1) is 6.42 Å². The fraction of sp³-hybridized carbons (Fsp3) is 0.400. The van der Waals surface area contributed by atoms with Gasteiger partial charge in [0.15, 0.2) is 0 Å². The fourth-order valence-electron chi connectivity index (χ4n) is 3.98. The zero-order chi connectivity index (χ0) is 21.8. The van der Waals surface area contributed by atoms with Gasteiger partial charge in [-0.1, -0.05) is 39.2 Å². The molecule has 156 valence electrons. The molecule has 0 unspecified atom stereocenters. The van der Waals surface area contributed by atoms with E-state index in [-0.39, 0.29) is 0 Å². The molecule has 5 heteroatoms. The van der Waals surface area contributed by atoms with Crippen molar-refractivity contribution in [3.63, 3.8) is 0 Å². The summed E-state index contributed by atoms with van der Waals surface area (Å²) in [5, 5.41) is 0.927. The number of nitrogens with zero attached hydrogens (tertiary/aromatic N) is 4. The minimum atomic E-state index is 0.516. The molecule has 0 radical (unpaired) electrons. The maximum atomic E-state index is 6.30. The van der Waals surface area contributed by atoms with Gasteiger partial charge in [-0.3, -0.25) is 0 Å². The Morgan fingerprint density at radius 1 is 1.27 bits per heavy atom. The molecule has 0 fully saturated rings. The lowest BCUT2D eigenvalue weighted by atomic mass is 9.85. The topological polar surface area (TPSA) is 69.6 Å². The average Bonchev–Trinajstić information content (AvgIpc) is 3.03. The third kappa shape index (κ3) is 3.95. The quantitative estimate of drug-likeness (QED) is 0.574. The van der Waals surface area contributed by atoms with Crippen molar-refractivity contribution in [2.24, 2.45) is 13.0 Å². The molecule has 0 spiro atoms. The van der Waals surface area contributed by atoms with Crippen LogP contribution in [0.5, 0.6) is 0 Å². The normalized spacial score (nSPS) is 15.9. The number of hydrogen-bond donors (Lipinski definition) is 1. The molecule has 0 aromatic carbocycles. The highest BCUT2D eigenvalue weighted by atomic mass is 15.1. The number of hydrogen-bond acceptors (Lipinski definition) is 4. The number of nitrogen functional groups attached to an aromatic ring is 1. The number of pyridine rings is 1. The molecule has 3 aromatic heterocycles. The van der Waals surface area contributed by atoms with Crippen LogP contribution < -0.4 is 5.73 Å². The summed E-state index contributed by atoms with van der Waals surface area (Å²) >= 11 is 0. The average molecular weight is 402 g/mol. The predicted molar refractivity (Wildman–Crippen MR) is 126 cm³/mol. The van der Waals surface area contributed by atoms with Gasteiger partial charge in [-0.25, -0.2) is 15.0 Å². The second-order valence-electron chi connectivity index (χ2n) is 8.08. The lowest BCUT2D eigenvalue weighted by molar-refractivity contribution is 0.534. The summed E-state index contributed by atoms with van der Waals surface area (Å²) in [5.74, 6) is 3.83. The molecule has 30 heavy (non-hydrogen) atoms. The first-order valence-corrected chi connectivity index (χ1v) is 10.6. The molecule has 0 saturated carbocycles. The number of rotatable bonds is 2. The van der Waals surface area contributed by atoms with Crippen molar-refractivity contribution in [3.05, 3.63) is 41.5 Å². The van der Waals surface area contributed by atoms with E-state index in [2.05, 4.69) is 59.2 Å². The largest absolute Gasteiger partial charge is 0.383 e. The van der Waals surface area contributed by atoms with Crippen LogP contribution in [0, 0.1) is 25.2 Å². The summed E-state index contributed by atoms with van der Waals surface area (Å²) < 4.78 is 2.10. The molecule has 0 saturated heterocycles. The summed E-state index contributed by atoms with van der Waals surface area (Å²) in [6, 6.07) is 1.95. The Kier molecular flexibility index (Phi) is 6.56. The zero-order valence-electron chi connectivity index (χ0n) is 18.7. The Hall–Kier alpha value is -3.13. The lowest BCUT2D eigenvalue weighted by Crippen LogP contribution is -2.03. The molecule has 1 atom stereocenters. The maximum absolute atomic E-state index is 6.30. The number of fused-ring (bicyclic) bond motifs is 1. The highest BCUT2D eigenvalue weighted by Gasteiger charge is 2.25. The van der Waals surface area contributed by atoms with E-state index in [1.165, 1.54) is 24.7 Å². The van der Waals surface area contributed by atoms with E-state index in [0.717, 1.165) is 46.3 Å². The zero-order valence-corrected chi connectivity index (χ0v) is 18.7. The molecule has 3 heterocycles. The second-order valence-corrected chi connectivity index (χ2v) is 8.08. The van der Waals surface area contributed by atoms with Crippen molar-refractivity contribution >= 4 is 22.4 Å².